The molecule has 0 fully saturated rings. The summed E-state index contributed by atoms with van der Waals surface area (Å²) in [5, 5.41) is 21.1. The van der Waals surface area contributed by atoms with Gasteiger partial charge in [-0.25, -0.2) is 9.98 Å². The van der Waals surface area contributed by atoms with Gasteiger partial charge in [0.05, 0.1) is 13.1 Å². The number of pyridine rings is 1. The number of aliphatic hydroxyl groups is 1. The van der Waals surface area contributed by atoms with Crippen LogP contribution in [0.4, 0.5) is 0 Å². The van der Waals surface area contributed by atoms with E-state index in [4.69, 9.17) is 4.74 Å². The fourth-order valence-corrected chi connectivity index (χ4v) is 3.58. The van der Waals surface area contributed by atoms with E-state index in [1.54, 1.807) is 24.5 Å². The summed E-state index contributed by atoms with van der Waals surface area (Å²) in [5.41, 5.74) is 2.02. The zero-order valence-electron chi connectivity index (χ0n) is 17.3. The van der Waals surface area contributed by atoms with E-state index in [-0.39, 0.29) is 0 Å². The summed E-state index contributed by atoms with van der Waals surface area (Å²) >= 11 is 1.57. The first-order valence-corrected chi connectivity index (χ1v) is 10.9. The van der Waals surface area contributed by atoms with Crippen molar-refractivity contribution in [3.05, 3.63) is 82.2 Å². The Kier molecular flexibility index (Phi) is 7.82. The van der Waals surface area contributed by atoms with Gasteiger partial charge in [0.1, 0.15) is 12.2 Å². The van der Waals surface area contributed by atoms with Crippen molar-refractivity contribution in [1.82, 2.24) is 15.6 Å². The average molecular weight is 425 g/mol. The molecule has 6 nitrogen and oxygen atoms in total. The molecule has 2 heterocycles. The van der Waals surface area contributed by atoms with E-state index >= 15 is 0 Å². The predicted octanol–water partition coefficient (Wildman–Crippen LogP) is 3.68. The van der Waals surface area contributed by atoms with Crippen molar-refractivity contribution < 1.29 is 9.84 Å². The third kappa shape index (κ3) is 6.57. The monoisotopic (exact) mass is 424 g/mol. The number of nitrogens with zero attached hydrogens (tertiary/aromatic N) is 2. The van der Waals surface area contributed by atoms with E-state index < -0.39 is 5.60 Å². The van der Waals surface area contributed by atoms with Gasteiger partial charge in [0, 0.05) is 18.8 Å². The van der Waals surface area contributed by atoms with Gasteiger partial charge in [-0.15, -0.1) is 0 Å². The van der Waals surface area contributed by atoms with Crippen LogP contribution < -0.4 is 15.4 Å². The van der Waals surface area contributed by atoms with Crippen molar-refractivity contribution in [2.45, 2.75) is 32.6 Å². The zero-order chi connectivity index (χ0) is 21.2. The molecule has 0 bridgehead atoms. The first-order valence-electron chi connectivity index (χ1n) is 9.96. The number of rotatable bonds is 9. The SMILES string of the molecule is CCNC(=NCc1ccnc(OCc2ccccc2)c1)NCC(C)(O)c1ccsc1. The maximum Gasteiger partial charge on any atom is 0.213 e. The Morgan fingerprint density at radius 1 is 1.17 bits per heavy atom. The van der Waals surface area contributed by atoms with E-state index in [1.807, 2.05) is 66.2 Å². The number of guanidine groups is 1. The topological polar surface area (TPSA) is 78.8 Å². The van der Waals surface area contributed by atoms with E-state index in [0.29, 0.717) is 31.5 Å². The number of benzene rings is 1. The number of hydrogen-bond donors (Lipinski definition) is 3. The molecular weight excluding hydrogens is 396 g/mol. The van der Waals surface area contributed by atoms with Gasteiger partial charge in [0.15, 0.2) is 5.96 Å². The number of nitrogens with one attached hydrogen (secondary N) is 2. The van der Waals surface area contributed by atoms with Gasteiger partial charge in [-0.2, -0.15) is 11.3 Å². The van der Waals surface area contributed by atoms with Gasteiger partial charge in [-0.1, -0.05) is 30.3 Å². The van der Waals surface area contributed by atoms with Crippen molar-refractivity contribution in [2.75, 3.05) is 13.1 Å². The van der Waals surface area contributed by atoms with Crippen LogP contribution in [0, 0.1) is 0 Å². The van der Waals surface area contributed by atoms with E-state index in [1.165, 1.54) is 0 Å². The molecule has 0 spiro atoms. The number of aliphatic imine (C=N–C) groups is 1. The van der Waals surface area contributed by atoms with Gasteiger partial charge in [-0.05, 0) is 53.4 Å². The molecule has 158 valence electrons. The molecule has 0 saturated heterocycles. The van der Waals surface area contributed by atoms with Crippen LogP contribution in [0.3, 0.4) is 0 Å². The molecule has 0 saturated carbocycles. The van der Waals surface area contributed by atoms with E-state index in [2.05, 4.69) is 20.6 Å². The summed E-state index contributed by atoms with van der Waals surface area (Å²) in [6, 6.07) is 15.8. The van der Waals surface area contributed by atoms with Crippen LogP contribution in [0.25, 0.3) is 0 Å². The molecule has 1 unspecified atom stereocenters. The van der Waals surface area contributed by atoms with E-state index in [9.17, 15) is 5.11 Å². The highest BCUT2D eigenvalue weighted by Gasteiger charge is 2.23. The molecule has 3 N–H and O–H groups in total. The summed E-state index contributed by atoms with van der Waals surface area (Å²) in [5.74, 6) is 1.22. The van der Waals surface area contributed by atoms with Crippen LogP contribution in [-0.4, -0.2) is 29.1 Å². The summed E-state index contributed by atoms with van der Waals surface area (Å²) in [4.78, 5) is 8.91. The van der Waals surface area contributed by atoms with Crippen molar-refractivity contribution in [2.24, 2.45) is 4.99 Å². The zero-order valence-corrected chi connectivity index (χ0v) is 18.2. The van der Waals surface area contributed by atoms with Crippen molar-refractivity contribution in [3.8, 4) is 5.88 Å². The Bertz CT molecular complexity index is 927. The number of hydrogen-bond acceptors (Lipinski definition) is 5. The molecule has 3 aromatic rings. The largest absolute Gasteiger partial charge is 0.473 e. The number of ether oxygens (including phenoxy) is 1. The summed E-state index contributed by atoms with van der Waals surface area (Å²) in [6.07, 6.45) is 1.73. The Hall–Kier alpha value is -2.90. The Balaban J connectivity index is 1.58. The van der Waals surface area contributed by atoms with Crippen molar-refractivity contribution in [3.63, 3.8) is 0 Å². The first-order chi connectivity index (χ1) is 14.6. The first kappa shape index (κ1) is 21.8. The van der Waals surface area contributed by atoms with Gasteiger partial charge < -0.3 is 20.5 Å². The summed E-state index contributed by atoms with van der Waals surface area (Å²) in [6.45, 7) is 5.84. The Labute approximate surface area is 181 Å². The second-order valence-electron chi connectivity index (χ2n) is 7.11. The number of thiophene rings is 1. The molecular formula is C23H28N4O2S. The lowest BCUT2D eigenvalue weighted by Gasteiger charge is -2.24. The molecule has 0 amide bonds. The van der Waals surface area contributed by atoms with Gasteiger partial charge in [0.2, 0.25) is 5.88 Å². The quantitative estimate of drug-likeness (QED) is 0.361. The lowest BCUT2D eigenvalue weighted by molar-refractivity contribution is 0.0621. The highest BCUT2D eigenvalue weighted by molar-refractivity contribution is 7.08. The smallest absolute Gasteiger partial charge is 0.213 e. The van der Waals surface area contributed by atoms with E-state index in [0.717, 1.165) is 23.2 Å². The summed E-state index contributed by atoms with van der Waals surface area (Å²) < 4.78 is 5.80. The summed E-state index contributed by atoms with van der Waals surface area (Å²) in [7, 11) is 0. The maximum absolute atomic E-state index is 10.7. The molecule has 0 aliphatic heterocycles. The third-order valence-electron chi connectivity index (χ3n) is 4.54. The molecule has 1 atom stereocenters. The van der Waals surface area contributed by atoms with Crippen LogP contribution in [0.15, 0.2) is 70.5 Å². The minimum absolute atomic E-state index is 0.358. The minimum Gasteiger partial charge on any atom is -0.473 e. The van der Waals surface area contributed by atoms with Gasteiger partial charge >= 0.3 is 0 Å². The van der Waals surface area contributed by atoms with Gasteiger partial charge in [0.25, 0.3) is 0 Å². The van der Waals surface area contributed by atoms with Crippen molar-refractivity contribution >= 4 is 17.3 Å². The number of aromatic nitrogens is 1. The third-order valence-corrected chi connectivity index (χ3v) is 5.22. The predicted molar refractivity (Wildman–Crippen MR) is 122 cm³/mol. The van der Waals surface area contributed by atoms with Crippen LogP contribution in [0.5, 0.6) is 5.88 Å². The van der Waals surface area contributed by atoms with Crippen LogP contribution in [0.2, 0.25) is 0 Å². The molecule has 0 aliphatic rings. The van der Waals surface area contributed by atoms with Crippen LogP contribution >= 0.6 is 11.3 Å². The van der Waals surface area contributed by atoms with Crippen LogP contribution in [-0.2, 0) is 18.8 Å². The second kappa shape index (κ2) is 10.8. The fourth-order valence-electron chi connectivity index (χ4n) is 2.80. The minimum atomic E-state index is -0.967. The Morgan fingerprint density at radius 2 is 2.00 bits per heavy atom. The molecule has 0 aliphatic carbocycles. The standard InChI is InChI=1S/C23H28N4O2S/c1-3-24-22(27-17-23(2,28)20-10-12-30-16-20)26-14-19-9-11-25-21(13-19)29-15-18-7-5-4-6-8-18/h4-13,16,28H,3,14-15,17H2,1-2H3,(H2,24,26,27). The molecule has 7 heteroatoms. The maximum atomic E-state index is 10.7. The molecule has 2 aromatic heterocycles. The highest BCUT2D eigenvalue weighted by Crippen LogP contribution is 2.22. The Morgan fingerprint density at radius 3 is 2.73 bits per heavy atom. The fraction of sp³-hybridized carbons (Fsp3) is 0.304. The average Bonchev–Trinajstić information content (AvgIpc) is 3.31. The molecule has 0 radical (unpaired) electrons. The molecule has 30 heavy (non-hydrogen) atoms. The molecule has 1 aromatic carbocycles. The lowest BCUT2D eigenvalue weighted by Crippen LogP contribution is -2.44. The highest BCUT2D eigenvalue weighted by atomic mass is 32.1. The lowest BCUT2D eigenvalue weighted by atomic mass is 9.99. The normalized spacial score (nSPS) is 13.5. The second-order valence-corrected chi connectivity index (χ2v) is 7.89. The molecule has 3 rings (SSSR count). The van der Waals surface area contributed by atoms with Crippen LogP contribution in [0.1, 0.15) is 30.5 Å². The van der Waals surface area contributed by atoms with Gasteiger partial charge in [-0.3, -0.25) is 0 Å². The van der Waals surface area contributed by atoms with Crippen molar-refractivity contribution in [1.29, 1.82) is 0 Å².